The Kier molecular flexibility index (Phi) is 6.90. The third kappa shape index (κ3) is 3.59. The predicted octanol–water partition coefficient (Wildman–Crippen LogP) is 0.834. The summed E-state index contributed by atoms with van der Waals surface area (Å²) < 4.78 is 5.53. The van der Waals surface area contributed by atoms with Gasteiger partial charge in [0.2, 0.25) is 11.8 Å². The lowest BCUT2D eigenvalue weighted by Crippen LogP contribution is -2.13. The summed E-state index contributed by atoms with van der Waals surface area (Å²) in [6, 6.07) is 0. The smallest absolute Gasteiger partial charge is 0.220 e. The summed E-state index contributed by atoms with van der Waals surface area (Å²) in [6.07, 6.45) is 1.79. The zero-order chi connectivity index (χ0) is 9.97. The molecule has 1 atom stereocenters. The molecule has 1 aliphatic heterocycles. The fourth-order valence-corrected chi connectivity index (χ4v) is 1.79. The molecule has 5 nitrogen and oxygen atoms in total. The maximum absolute atomic E-state index is 5.53. The number of hydrogen-bond acceptors (Lipinski definition) is 5. The zero-order valence-electron chi connectivity index (χ0n) is 9.26. The Labute approximate surface area is 108 Å². The topological polar surface area (TPSA) is 68.2 Å². The average molecular weight is 269 g/mol. The fraction of sp³-hybridized carbons (Fsp3) is 0.778. The Bertz CT molecular complexity index is 307. The van der Waals surface area contributed by atoms with Gasteiger partial charge in [0.15, 0.2) is 0 Å². The van der Waals surface area contributed by atoms with Gasteiger partial charge in [0.25, 0.3) is 0 Å². The van der Waals surface area contributed by atoms with Crippen LogP contribution < -0.4 is 5.73 Å². The van der Waals surface area contributed by atoms with Gasteiger partial charge < -0.3 is 15.1 Å². The molecular formula is C9H18Cl2N4O. The minimum Gasteiger partial charge on any atom is -0.425 e. The first-order valence-electron chi connectivity index (χ1n) is 5.00. The quantitative estimate of drug-likeness (QED) is 0.880. The molecular weight excluding hydrogens is 251 g/mol. The molecule has 0 spiro atoms. The molecule has 7 heteroatoms. The van der Waals surface area contributed by atoms with E-state index in [-0.39, 0.29) is 24.8 Å². The van der Waals surface area contributed by atoms with Crippen LogP contribution in [0.2, 0.25) is 0 Å². The lowest BCUT2D eigenvalue weighted by molar-refractivity contribution is 0.383. The highest BCUT2D eigenvalue weighted by Gasteiger charge is 2.25. The summed E-state index contributed by atoms with van der Waals surface area (Å²) in [4.78, 5) is 2.28. The highest BCUT2D eigenvalue weighted by Crippen LogP contribution is 2.24. The SMILES string of the molecule is CN1CCC(c2nnc(CCN)o2)C1.Cl.Cl. The number of halogens is 2. The van der Waals surface area contributed by atoms with Crippen molar-refractivity contribution in [3.05, 3.63) is 11.8 Å². The molecule has 1 aliphatic rings. The van der Waals surface area contributed by atoms with E-state index in [1.54, 1.807) is 0 Å². The molecule has 16 heavy (non-hydrogen) atoms. The molecule has 94 valence electrons. The van der Waals surface area contributed by atoms with E-state index < -0.39 is 0 Å². The minimum atomic E-state index is 0. The Hall–Kier alpha value is -0.360. The predicted molar refractivity (Wildman–Crippen MR) is 66.4 cm³/mol. The lowest BCUT2D eigenvalue weighted by atomic mass is 10.1. The molecule has 0 amide bonds. The molecule has 1 aromatic heterocycles. The maximum atomic E-state index is 5.53. The molecule has 0 radical (unpaired) electrons. The second-order valence-electron chi connectivity index (χ2n) is 3.82. The molecule has 1 saturated heterocycles. The first-order chi connectivity index (χ1) is 6.79. The number of nitrogens with two attached hydrogens (primary N) is 1. The van der Waals surface area contributed by atoms with Gasteiger partial charge in [0.1, 0.15) is 0 Å². The monoisotopic (exact) mass is 268 g/mol. The number of hydrogen-bond donors (Lipinski definition) is 1. The fourth-order valence-electron chi connectivity index (χ4n) is 1.79. The molecule has 0 bridgehead atoms. The van der Waals surface area contributed by atoms with E-state index in [1.165, 1.54) is 0 Å². The third-order valence-corrected chi connectivity index (χ3v) is 2.58. The summed E-state index contributed by atoms with van der Waals surface area (Å²) >= 11 is 0. The summed E-state index contributed by atoms with van der Waals surface area (Å²) in [5.74, 6) is 1.86. The van der Waals surface area contributed by atoms with Crippen molar-refractivity contribution in [2.45, 2.75) is 18.8 Å². The van der Waals surface area contributed by atoms with Crippen LogP contribution in [0.3, 0.4) is 0 Å². The highest BCUT2D eigenvalue weighted by molar-refractivity contribution is 5.85. The van der Waals surface area contributed by atoms with Crippen LogP contribution in [0, 0.1) is 0 Å². The van der Waals surface area contributed by atoms with Gasteiger partial charge in [0, 0.05) is 19.5 Å². The van der Waals surface area contributed by atoms with Crippen molar-refractivity contribution in [3.8, 4) is 0 Å². The molecule has 1 unspecified atom stereocenters. The van der Waals surface area contributed by atoms with Crippen LogP contribution in [-0.2, 0) is 6.42 Å². The Morgan fingerprint density at radius 1 is 1.44 bits per heavy atom. The van der Waals surface area contributed by atoms with Crippen molar-refractivity contribution in [2.24, 2.45) is 5.73 Å². The van der Waals surface area contributed by atoms with Crippen molar-refractivity contribution < 1.29 is 4.42 Å². The highest BCUT2D eigenvalue weighted by atomic mass is 35.5. The summed E-state index contributed by atoms with van der Waals surface area (Å²) in [6.45, 7) is 2.69. The average Bonchev–Trinajstić information content (AvgIpc) is 2.74. The molecule has 1 fully saturated rings. The number of likely N-dealkylation sites (tertiary alicyclic amines) is 1. The van der Waals surface area contributed by atoms with Gasteiger partial charge in [-0.25, -0.2) is 0 Å². The molecule has 2 N–H and O–H groups in total. The van der Waals surface area contributed by atoms with Crippen molar-refractivity contribution in [2.75, 3.05) is 26.7 Å². The van der Waals surface area contributed by atoms with Crippen LogP contribution >= 0.6 is 24.8 Å². The maximum Gasteiger partial charge on any atom is 0.220 e. The van der Waals surface area contributed by atoms with Crippen LogP contribution in [0.25, 0.3) is 0 Å². The molecule has 1 aromatic rings. The Balaban J connectivity index is 0.00000112. The van der Waals surface area contributed by atoms with Gasteiger partial charge in [0.05, 0.1) is 5.92 Å². The summed E-state index contributed by atoms with van der Waals surface area (Å²) in [5.41, 5.74) is 5.41. The lowest BCUT2D eigenvalue weighted by Gasteiger charge is -2.05. The number of aromatic nitrogens is 2. The first kappa shape index (κ1) is 15.6. The van der Waals surface area contributed by atoms with Crippen LogP contribution in [0.1, 0.15) is 24.1 Å². The van der Waals surface area contributed by atoms with E-state index in [1.807, 2.05) is 0 Å². The van der Waals surface area contributed by atoms with E-state index in [9.17, 15) is 0 Å². The van der Waals surface area contributed by atoms with Crippen molar-refractivity contribution >= 4 is 24.8 Å². The van der Waals surface area contributed by atoms with E-state index >= 15 is 0 Å². The van der Waals surface area contributed by atoms with Crippen molar-refractivity contribution in [1.82, 2.24) is 15.1 Å². The number of nitrogens with zero attached hydrogens (tertiary/aromatic N) is 3. The zero-order valence-corrected chi connectivity index (χ0v) is 10.9. The van der Waals surface area contributed by atoms with Gasteiger partial charge in [-0.15, -0.1) is 35.0 Å². The number of rotatable bonds is 3. The van der Waals surface area contributed by atoms with Crippen LogP contribution in [0.4, 0.5) is 0 Å². The van der Waals surface area contributed by atoms with Gasteiger partial charge in [-0.1, -0.05) is 0 Å². The van der Waals surface area contributed by atoms with Gasteiger partial charge in [-0.05, 0) is 20.0 Å². The van der Waals surface area contributed by atoms with Gasteiger partial charge in [-0.3, -0.25) is 0 Å². The van der Waals surface area contributed by atoms with Crippen LogP contribution in [0.5, 0.6) is 0 Å². The van der Waals surface area contributed by atoms with E-state index in [4.69, 9.17) is 10.2 Å². The molecule has 0 aliphatic carbocycles. The Morgan fingerprint density at radius 2 is 2.19 bits per heavy atom. The van der Waals surface area contributed by atoms with E-state index in [0.29, 0.717) is 24.8 Å². The molecule has 0 aromatic carbocycles. The number of likely N-dealkylation sites (N-methyl/N-ethyl adjacent to an activating group) is 1. The molecule has 0 saturated carbocycles. The van der Waals surface area contributed by atoms with Crippen LogP contribution in [-0.4, -0.2) is 41.8 Å². The van der Waals surface area contributed by atoms with Crippen molar-refractivity contribution in [1.29, 1.82) is 0 Å². The van der Waals surface area contributed by atoms with E-state index in [0.717, 1.165) is 25.4 Å². The minimum absolute atomic E-state index is 0. The normalized spacial score (nSPS) is 20.2. The van der Waals surface area contributed by atoms with E-state index in [2.05, 4.69) is 22.1 Å². The first-order valence-corrected chi connectivity index (χ1v) is 5.00. The van der Waals surface area contributed by atoms with Crippen LogP contribution in [0.15, 0.2) is 4.42 Å². The summed E-state index contributed by atoms with van der Waals surface area (Å²) in [5, 5.41) is 8.01. The van der Waals surface area contributed by atoms with Crippen molar-refractivity contribution in [3.63, 3.8) is 0 Å². The third-order valence-electron chi connectivity index (χ3n) is 2.58. The largest absolute Gasteiger partial charge is 0.425 e. The second-order valence-corrected chi connectivity index (χ2v) is 3.82. The standard InChI is InChI=1S/C9H16N4O.2ClH/c1-13-5-3-7(6-13)9-12-11-8(14-9)2-4-10;;/h7H,2-6,10H2,1H3;2*1H. The summed E-state index contributed by atoms with van der Waals surface area (Å²) in [7, 11) is 2.11. The molecule has 2 heterocycles. The van der Waals surface area contributed by atoms with Gasteiger partial charge >= 0.3 is 0 Å². The Morgan fingerprint density at radius 3 is 2.75 bits per heavy atom. The molecule has 2 rings (SSSR count). The second kappa shape index (κ2) is 7.06. The van der Waals surface area contributed by atoms with Gasteiger partial charge in [-0.2, -0.15) is 0 Å².